The zero-order chi connectivity index (χ0) is 13.8. The Hall–Kier alpha value is -1.55. The second kappa shape index (κ2) is 6.06. The van der Waals surface area contributed by atoms with Gasteiger partial charge in [0.15, 0.2) is 0 Å². The first kappa shape index (κ1) is 13.9. The van der Waals surface area contributed by atoms with E-state index in [0.29, 0.717) is 32.2 Å². The van der Waals surface area contributed by atoms with Crippen LogP contribution in [0.3, 0.4) is 0 Å². The summed E-state index contributed by atoms with van der Waals surface area (Å²) >= 11 is 0. The lowest BCUT2D eigenvalue weighted by molar-refractivity contribution is 0.0564. The molecule has 4 heteroatoms. The van der Waals surface area contributed by atoms with Crippen LogP contribution in [-0.2, 0) is 4.74 Å². The standard InChI is InChI=1S/C15H22N2O2/c1-11(2)13-6-4-5-12(3)14(13)16-15(18)17-7-9-19-10-8-17/h4-6,11H,7-10H2,1-3H3,(H,16,18). The summed E-state index contributed by atoms with van der Waals surface area (Å²) in [6.45, 7) is 8.87. The average Bonchev–Trinajstić information content (AvgIpc) is 2.41. The fraction of sp³-hybridized carbons (Fsp3) is 0.533. The first-order valence-corrected chi connectivity index (χ1v) is 6.82. The molecule has 1 aromatic rings. The van der Waals surface area contributed by atoms with Gasteiger partial charge in [0.25, 0.3) is 0 Å². The van der Waals surface area contributed by atoms with Crippen LogP contribution in [0.4, 0.5) is 10.5 Å². The molecule has 0 radical (unpaired) electrons. The number of hydrogen-bond acceptors (Lipinski definition) is 2. The van der Waals surface area contributed by atoms with E-state index in [4.69, 9.17) is 4.74 Å². The van der Waals surface area contributed by atoms with Crippen molar-refractivity contribution in [2.75, 3.05) is 31.6 Å². The van der Waals surface area contributed by atoms with Crippen molar-refractivity contribution in [2.45, 2.75) is 26.7 Å². The van der Waals surface area contributed by atoms with Gasteiger partial charge in [-0.3, -0.25) is 0 Å². The summed E-state index contributed by atoms with van der Waals surface area (Å²) in [6.07, 6.45) is 0. The van der Waals surface area contributed by atoms with E-state index >= 15 is 0 Å². The molecular weight excluding hydrogens is 240 g/mol. The molecule has 1 saturated heterocycles. The molecule has 0 saturated carbocycles. The molecular formula is C15H22N2O2. The van der Waals surface area contributed by atoms with E-state index in [1.165, 1.54) is 5.56 Å². The molecule has 104 valence electrons. The van der Waals surface area contributed by atoms with Gasteiger partial charge >= 0.3 is 6.03 Å². The molecule has 0 aromatic heterocycles. The predicted octanol–water partition coefficient (Wildman–Crippen LogP) is 2.98. The minimum atomic E-state index is -0.0282. The molecule has 1 aromatic carbocycles. The van der Waals surface area contributed by atoms with Crippen molar-refractivity contribution in [1.82, 2.24) is 4.90 Å². The van der Waals surface area contributed by atoms with E-state index in [1.54, 1.807) is 4.90 Å². The molecule has 0 spiro atoms. The van der Waals surface area contributed by atoms with Crippen LogP contribution in [0.1, 0.15) is 30.9 Å². The number of para-hydroxylation sites is 1. The lowest BCUT2D eigenvalue weighted by Gasteiger charge is -2.28. The maximum atomic E-state index is 12.3. The Kier molecular flexibility index (Phi) is 4.43. The molecule has 1 heterocycles. The highest BCUT2D eigenvalue weighted by molar-refractivity contribution is 5.91. The van der Waals surface area contributed by atoms with E-state index in [1.807, 2.05) is 19.1 Å². The number of anilines is 1. The second-order valence-electron chi connectivity index (χ2n) is 5.22. The summed E-state index contributed by atoms with van der Waals surface area (Å²) in [7, 11) is 0. The number of amides is 2. The van der Waals surface area contributed by atoms with Gasteiger partial charge in [0.1, 0.15) is 0 Å². The topological polar surface area (TPSA) is 41.6 Å². The summed E-state index contributed by atoms with van der Waals surface area (Å²) in [4.78, 5) is 14.1. The van der Waals surface area contributed by atoms with Crippen LogP contribution in [0.25, 0.3) is 0 Å². The van der Waals surface area contributed by atoms with E-state index in [-0.39, 0.29) is 6.03 Å². The van der Waals surface area contributed by atoms with Gasteiger partial charge < -0.3 is 15.0 Å². The van der Waals surface area contributed by atoms with Crippen molar-refractivity contribution in [3.05, 3.63) is 29.3 Å². The molecule has 2 amide bonds. The van der Waals surface area contributed by atoms with Crippen LogP contribution in [0.2, 0.25) is 0 Å². The number of carbonyl (C=O) groups excluding carboxylic acids is 1. The molecule has 0 aliphatic carbocycles. The number of aryl methyl sites for hydroxylation is 1. The predicted molar refractivity (Wildman–Crippen MR) is 76.7 cm³/mol. The number of morpholine rings is 1. The number of benzene rings is 1. The molecule has 0 atom stereocenters. The number of nitrogens with zero attached hydrogens (tertiary/aromatic N) is 1. The summed E-state index contributed by atoms with van der Waals surface area (Å²) in [5, 5.41) is 3.06. The van der Waals surface area contributed by atoms with Gasteiger partial charge in [0.05, 0.1) is 13.2 Å². The van der Waals surface area contributed by atoms with Crippen molar-refractivity contribution < 1.29 is 9.53 Å². The second-order valence-corrected chi connectivity index (χ2v) is 5.22. The number of nitrogens with one attached hydrogen (secondary N) is 1. The average molecular weight is 262 g/mol. The monoisotopic (exact) mass is 262 g/mol. The van der Waals surface area contributed by atoms with Crippen LogP contribution < -0.4 is 5.32 Å². The number of hydrogen-bond donors (Lipinski definition) is 1. The van der Waals surface area contributed by atoms with E-state index in [2.05, 4.69) is 25.2 Å². The van der Waals surface area contributed by atoms with Crippen LogP contribution in [0.15, 0.2) is 18.2 Å². The lowest BCUT2D eigenvalue weighted by Crippen LogP contribution is -2.43. The first-order valence-electron chi connectivity index (χ1n) is 6.82. The van der Waals surface area contributed by atoms with E-state index in [0.717, 1.165) is 11.3 Å². The number of carbonyl (C=O) groups is 1. The quantitative estimate of drug-likeness (QED) is 0.890. The Morgan fingerprint density at radius 3 is 2.63 bits per heavy atom. The molecule has 1 aliphatic heterocycles. The molecule has 0 unspecified atom stereocenters. The third kappa shape index (κ3) is 3.26. The highest BCUT2D eigenvalue weighted by Gasteiger charge is 2.19. The molecule has 1 fully saturated rings. The Morgan fingerprint density at radius 2 is 2.00 bits per heavy atom. The van der Waals surface area contributed by atoms with Gasteiger partial charge in [-0.2, -0.15) is 0 Å². The van der Waals surface area contributed by atoms with Crippen LogP contribution in [0.5, 0.6) is 0 Å². The van der Waals surface area contributed by atoms with Crippen LogP contribution in [0, 0.1) is 6.92 Å². The first-order chi connectivity index (χ1) is 9.09. The zero-order valence-electron chi connectivity index (χ0n) is 11.9. The minimum absolute atomic E-state index is 0.0282. The van der Waals surface area contributed by atoms with Gasteiger partial charge in [0.2, 0.25) is 0 Å². The Balaban J connectivity index is 2.15. The van der Waals surface area contributed by atoms with Gasteiger partial charge in [0, 0.05) is 18.8 Å². The summed E-state index contributed by atoms with van der Waals surface area (Å²) < 4.78 is 5.26. The zero-order valence-corrected chi connectivity index (χ0v) is 11.9. The minimum Gasteiger partial charge on any atom is -0.378 e. The Bertz CT molecular complexity index is 451. The largest absolute Gasteiger partial charge is 0.378 e. The summed E-state index contributed by atoms with van der Waals surface area (Å²) in [6, 6.07) is 6.11. The molecule has 4 nitrogen and oxygen atoms in total. The van der Waals surface area contributed by atoms with Crippen molar-refractivity contribution >= 4 is 11.7 Å². The van der Waals surface area contributed by atoms with Crippen LogP contribution in [-0.4, -0.2) is 37.2 Å². The normalized spacial score (nSPS) is 15.7. The number of rotatable bonds is 2. The SMILES string of the molecule is Cc1cccc(C(C)C)c1NC(=O)N1CCOCC1. The molecule has 19 heavy (non-hydrogen) atoms. The van der Waals surface area contributed by atoms with Gasteiger partial charge in [-0.15, -0.1) is 0 Å². The molecule has 1 N–H and O–H groups in total. The van der Waals surface area contributed by atoms with Crippen LogP contribution >= 0.6 is 0 Å². The lowest BCUT2D eigenvalue weighted by atomic mass is 9.98. The molecule has 1 aliphatic rings. The van der Waals surface area contributed by atoms with Gasteiger partial charge in [-0.05, 0) is 24.0 Å². The third-order valence-corrected chi connectivity index (χ3v) is 3.46. The van der Waals surface area contributed by atoms with Crippen molar-refractivity contribution in [1.29, 1.82) is 0 Å². The van der Waals surface area contributed by atoms with Crippen molar-refractivity contribution in [3.8, 4) is 0 Å². The fourth-order valence-electron chi connectivity index (χ4n) is 2.29. The summed E-state index contributed by atoms with van der Waals surface area (Å²) in [5.74, 6) is 0.389. The van der Waals surface area contributed by atoms with E-state index in [9.17, 15) is 4.79 Å². The molecule has 2 rings (SSSR count). The maximum absolute atomic E-state index is 12.3. The third-order valence-electron chi connectivity index (χ3n) is 3.46. The Labute approximate surface area is 114 Å². The number of urea groups is 1. The number of ether oxygens (including phenoxy) is 1. The van der Waals surface area contributed by atoms with Gasteiger partial charge in [-0.1, -0.05) is 32.0 Å². The fourth-order valence-corrected chi connectivity index (χ4v) is 2.29. The van der Waals surface area contributed by atoms with Gasteiger partial charge in [-0.25, -0.2) is 4.79 Å². The van der Waals surface area contributed by atoms with E-state index < -0.39 is 0 Å². The highest BCUT2D eigenvalue weighted by atomic mass is 16.5. The smallest absolute Gasteiger partial charge is 0.322 e. The summed E-state index contributed by atoms with van der Waals surface area (Å²) in [5.41, 5.74) is 3.24. The highest BCUT2D eigenvalue weighted by Crippen LogP contribution is 2.27. The van der Waals surface area contributed by atoms with Crippen molar-refractivity contribution in [3.63, 3.8) is 0 Å². The van der Waals surface area contributed by atoms with Crippen molar-refractivity contribution in [2.24, 2.45) is 0 Å². The Morgan fingerprint density at radius 1 is 1.32 bits per heavy atom. The maximum Gasteiger partial charge on any atom is 0.322 e. The molecule has 0 bridgehead atoms.